The van der Waals surface area contributed by atoms with E-state index in [4.69, 9.17) is 9.47 Å². The van der Waals surface area contributed by atoms with Crippen LogP contribution in [0.3, 0.4) is 0 Å². The van der Waals surface area contributed by atoms with Crippen molar-refractivity contribution in [3.63, 3.8) is 0 Å². The monoisotopic (exact) mass is 658 g/mol. The Morgan fingerprint density at radius 2 is 1.52 bits per heavy atom. The minimum absolute atomic E-state index is 0.0307. The Bertz CT molecular complexity index is 1630. The van der Waals surface area contributed by atoms with Crippen molar-refractivity contribution in [3.05, 3.63) is 88.3 Å². The summed E-state index contributed by atoms with van der Waals surface area (Å²) in [4.78, 5) is 64.9. The number of carbonyl (C=O) groups excluding carboxylic acids is 4. The van der Waals surface area contributed by atoms with Crippen molar-refractivity contribution in [2.24, 2.45) is 5.92 Å². The second-order valence-corrected chi connectivity index (χ2v) is 13.0. The van der Waals surface area contributed by atoms with Crippen molar-refractivity contribution in [2.45, 2.75) is 84.4 Å². The Morgan fingerprint density at radius 3 is 2.12 bits per heavy atom. The van der Waals surface area contributed by atoms with Gasteiger partial charge in [-0.25, -0.2) is 4.79 Å². The maximum absolute atomic E-state index is 13.5. The first-order chi connectivity index (χ1) is 22.9. The zero-order chi connectivity index (χ0) is 34.8. The maximum atomic E-state index is 13.5. The van der Waals surface area contributed by atoms with Crippen molar-refractivity contribution in [2.75, 3.05) is 18.5 Å². The van der Waals surface area contributed by atoms with Gasteiger partial charge in [-0.1, -0.05) is 75.2 Å². The molecule has 0 saturated carbocycles. The number of esters is 1. The fraction of sp³-hybridized carbons (Fsp3) is 0.432. The molecule has 0 unspecified atom stereocenters. The largest absolute Gasteiger partial charge is 0.460 e. The third-order valence-electron chi connectivity index (χ3n) is 8.34. The molecule has 1 aromatic heterocycles. The van der Waals surface area contributed by atoms with E-state index in [1.165, 1.54) is 16.8 Å². The predicted octanol–water partition coefficient (Wildman–Crippen LogP) is 5.37. The fourth-order valence-electron chi connectivity index (χ4n) is 5.73. The first-order valence-corrected chi connectivity index (χ1v) is 16.5. The molecule has 0 bridgehead atoms. The number of amides is 3. The van der Waals surface area contributed by atoms with Gasteiger partial charge in [-0.2, -0.15) is 0 Å². The van der Waals surface area contributed by atoms with Gasteiger partial charge < -0.3 is 30.0 Å². The number of hydrogen-bond acceptors (Lipinski definition) is 7. The molecule has 1 aliphatic rings. The van der Waals surface area contributed by atoms with Crippen molar-refractivity contribution >= 4 is 29.6 Å². The van der Waals surface area contributed by atoms with E-state index in [9.17, 15) is 24.0 Å². The molecule has 0 radical (unpaired) electrons. The minimum Gasteiger partial charge on any atom is -0.460 e. The molecule has 3 amide bonds. The molecule has 0 aliphatic heterocycles. The lowest BCUT2D eigenvalue weighted by Gasteiger charge is -2.22. The molecule has 256 valence electrons. The third kappa shape index (κ3) is 9.56. The summed E-state index contributed by atoms with van der Waals surface area (Å²) in [5, 5.41) is 8.00. The number of hydrogen-bond donors (Lipinski definition) is 3. The summed E-state index contributed by atoms with van der Waals surface area (Å²) in [5.74, 6) is -1.43. The average Bonchev–Trinajstić information content (AvgIpc) is 3.37. The number of rotatable bonds is 14. The lowest BCUT2D eigenvalue weighted by molar-refractivity contribution is -0.155. The van der Waals surface area contributed by atoms with Gasteiger partial charge in [0.1, 0.15) is 30.5 Å². The topological polar surface area (TPSA) is 145 Å². The van der Waals surface area contributed by atoms with E-state index < -0.39 is 35.2 Å². The number of pyridine rings is 1. The summed E-state index contributed by atoms with van der Waals surface area (Å²) >= 11 is 0. The number of fused-ring (bicyclic) bond motifs is 3. The van der Waals surface area contributed by atoms with Crippen LogP contribution in [-0.4, -0.2) is 53.2 Å². The van der Waals surface area contributed by atoms with E-state index in [0.29, 0.717) is 12.5 Å². The summed E-state index contributed by atoms with van der Waals surface area (Å²) in [6, 6.07) is 17.6. The van der Waals surface area contributed by atoms with Crippen molar-refractivity contribution in [1.82, 2.24) is 15.2 Å². The summed E-state index contributed by atoms with van der Waals surface area (Å²) in [6.45, 7) is 9.63. The molecule has 1 heterocycles. The van der Waals surface area contributed by atoms with Crippen LogP contribution in [-0.2, 0) is 30.4 Å². The van der Waals surface area contributed by atoms with Crippen LogP contribution in [0.4, 0.5) is 10.5 Å². The van der Waals surface area contributed by atoms with Crippen molar-refractivity contribution in [1.29, 1.82) is 0 Å². The first kappa shape index (κ1) is 35.9. The minimum atomic E-state index is -1.23. The van der Waals surface area contributed by atoms with Crippen LogP contribution in [0.1, 0.15) is 77.3 Å². The van der Waals surface area contributed by atoms with Crippen LogP contribution < -0.4 is 21.5 Å². The van der Waals surface area contributed by atoms with Crippen LogP contribution in [0.25, 0.3) is 11.1 Å². The zero-order valence-corrected chi connectivity index (χ0v) is 28.3. The van der Waals surface area contributed by atoms with Crippen LogP contribution in [0.5, 0.6) is 0 Å². The molecular weight excluding hydrogens is 612 g/mol. The number of aromatic nitrogens is 1. The summed E-state index contributed by atoms with van der Waals surface area (Å²) in [7, 11) is 0. The average molecular weight is 659 g/mol. The molecule has 11 heteroatoms. The molecule has 1 atom stereocenters. The molecular formula is C37H46N4O7. The van der Waals surface area contributed by atoms with Gasteiger partial charge in [0.15, 0.2) is 0 Å². The number of benzene rings is 2. The van der Waals surface area contributed by atoms with E-state index in [1.807, 2.05) is 48.5 Å². The molecule has 0 fully saturated rings. The van der Waals surface area contributed by atoms with Gasteiger partial charge in [0.2, 0.25) is 11.8 Å². The van der Waals surface area contributed by atoms with Crippen LogP contribution in [0, 0.1) is 5.92 Å². The van der Waals surface area contributed by atoms with E-state index in [-0.39, 0.29) is 43.5 Å². The Labute approximate surface area is 281 Å². The number of ether oxygens (including phenoxy) is 2. The molecule has 4 rings (SSSR count). The van der Waals surface area contributed by atoms with E-state index >= 15 is 0 Å². The Hall–Kier alpha value is -4.93. The second-order valence-electron chi connectivity index (χ2n) is 13.0. The second kappa shape index (κ2) is 16.3. The van der Waals surface area contributed by atoms with Gasteiger partial charge in [-0.3, -0.25) is 19.2 Å². The van der Waals surface area contributed by atoms with Crippen molar-refractivity contribution < 1.29 is 28.7 Å². The molecule has 48 heavy (non-hydrogen) atoms. The van der Waals surface area contributed by atoms with Crippen molar-refractivity contribution in [3.8, 4) is 11.1 Å². The standard InChI is InChI=1S/C37H46N4O7/c1-6-24(7-2)21-38-32(42)22-41-20-12-17-31(35(41)45)39-34(44)30(18-19-33(43)48-37(3,4)5)40-36(46)47-23-29-27-15-10-8-13-25(27)26-14-9-11-16-28(26)29/h8-17,20,24,29-30H,6-7,18-19,21-23H2,1-5H3,(H,38,42)(H,39,44)(H,40,46)/t30-/m0/s1. The Morgan fingerprint density at radius 1 is 0.896 bits per heavy atom. The number of alkyl carbamates (subject to hydrolysis) is 1. The highest BCUT2D eigenvalue weighted by Gasteiger charge is 2.30. The number of anilines is 1. The molecule has 1 aliphatic carbocycles. The quantitative estimate of drug-likeness (QED) is 0.198. The van der Waals surface area contributed by atoms with E-state index in [1.54, 1.807) is 26.8 Å². The number of nitrogens with one attached hydrogen (secondary N) is 3. The van der Waals surface area contributed by atoms with Gasteiger partial charge in [0.05, 0.1) is 0 Å². The normalized spacial score (nSPS) is 12.9. The van der Waals surface area contributed by atoms with Gasteiger partial charge >= 0.3 is 12.1 Å². The lowest BCUT2D eigenvalue weighted by Crippen LogP contribution is -2.45. The molecule has 11 nitrogen and oxygen atoms in total. The Balaban J connectivity index is 1.44. The zero-order valence-electron chi connectivity index (χ0n) is 28.3. The highest BCUT2D eigenvalue weighted by molar-refractivity contribution is 5.96. The summed E-state index contributed by atoms with van der Waals surface area (Å²) in [5.41, 5.74) is 2.83. The summed E-state index contributed by atoms with van der Waals surface area (Å²) < 4.78 is 12.2. The van der Waals surface area contributed by atoms with Gasteiger partial charge in [-0.15, -0.1) is 0 Å². The smallest absolute Gasteiger partial charge is 0.407 e. The first-order valence-electron chi connectivity index (χ1n) is 16.5. The molecule has 3 N–H and O–H groups in total. The molecule has 0 saturated heterocycles. The third-order valence-corrected chi connectivity index (χ3v) is 8.34. The maximum Gasteiger partial charge on any atom is 0.407 e. The van der Waals surface area contributed by atoms with Crippen LogP contribution >= 0.6 is 0 Å². The van der Waals surface area contributed by atoms with E-state index in [0.717, 1.165) is 35.1 Å². The predicted molar refractivity (Wildman–Crippen MR) is 183 cm³/mol. The van der Waals surface area contributed by atoms with Gasteiger partial charge in [0, 0.05) is 25.1 Å². The highest BCUT2D eigenvalue weighted by Crippen LogP contribution is 2.44. The number of carbonyl (C=O) groups is 4. The highest BCUT2D eigenvalue weighted by atomic mass is 16.6. The fourth-order valence-corrected chi connectivity index (χ4v) is 5.73. The van der Waals surface area contributed by atoms with Gasteiger partial charge in [0.25, 0.3) is 5.56 Å². The van der Waals surface area contributed by atoms with Gasteiger partial charge in [-0.05, 0) is 67.5 Å². The molecule has 0 spiro atoms. The lowest BCUT2D eigenvalue weighted by atomic mass is 9.98. The molecule has 2 aromatic carbocycles. The SMILES string of the molecule is CCC(CC)CNC(=O)Cn1cccc(NC(=O)[C@H](CCC(=O)OC(C)(C)C)NC(=O)OCC2c3ccccc3-c3ccccc32)c1=O. The molecule has 3 aromatic rings. The Kier molecular flexibility index (Phi) is 12.2. The van der Waals surface area contributed by atoms with Crippen LogP contribution in [0.2, 0.25) is 0 Å². The van der Waals surface area contributed by atoms with Crippen LogP contribution in [0.15, 0.2) is 71.7 Å². The number of nitrogens with zero attached hydrogens (tertiary/aromatic N) is 1. The van der Waals surface area contributed by atoms with E-state index in [2.05, 4.69) is 29.8 Å². The summed E-state index contributed by atoms with van der Waals surface area (Å²) in [6.07, 6.45) is 2.19.